The Labute approximate surface area is 342 Å². The quantitative estimate of drug-likeness (QED) is 0.0348. The highest BCUT2D eigenvalue weighted by atomic mass is 16.6. The van der Waals surface area contributed by atoms with Crippen LogP contribution in [-0.4, -0.2) is 37.2 Å². The van der Waals surface area contributed by atoms with Crippen molar-refractivity contribution in [1.29, 1.82) is 0 Å². The zero-order valence-electron chi connectivity index (χ0n) is 37.2. The molecule has 6 heteroatoms. The lowest BCUT2D eigenvalue weighted by atomic mass is 10.0. The highest BCUT2D eigenvalue weighted by molar-refractivity contribution is 5.71. The van der Waals surface area contributed by atoms with E-state index < -0.39 is 6.10 Å². The highest BCUT2D eigenvalue weighted by Gasteiger charge is 2.19. The lowest BCUT2D eigenvalue weighted by molar-refractivity contribution is -0.167. The van der Waals surface area contributed by atoms with Gasteiger partial charge in [0.2, 0.25) is 0 Å². The molecule has 0 aromatic heterocycles. The van der Waals surface area contributed by atoms with Gasteiger partial charge in [0.1, 0.15) is 13.2 Å². The smallest absolute Gasteiger partial charge is 0.306 e. The SMILES string of the molecule is CCCCCCCCCCCCCCCCCCCCC(=O)OC[C@@H](COC(=O)CCCCCCCCCCCCCC)OC(=O)CCCCCCCCC. The van der Waals surface area contributed by atoms with E-state index in [2.05, 4.69) is 20.8 Å². The Bertz CT molecular complexity index is 813. The molecule has 0 aliphatic rings. The number of ether oxygens (including phenoxy) is 3. The maximum atomic E-state index is 12.6. The van der Waals surface area contributed by atoms with Gasteiger partial charge in [-0.2, -0.15) is 0 Å². The number of hydrogen-bond acceptors (Lipinski definition) is 6. The van der Waals surface area contributed by atoms with Crippen molar-refractivity contribution in [2.24, 2.45) is 0 Å². The lowest BCUT2D eigenvalue weighted by Crippen LogP contribution is -2.30. The fraction of sp³-hybridized carbons (Fsp3) is 0.939. The molecule has 0 amide bonds. The Kier molecular flexibility index (Phi) is 43.8. The van der Waals surface area contributed by atoms with Crippen LogP contribution in [0.25, 0.3) is 0 Å². The second kappa shape index (κ2) is 45.1. The molecule has 0 N–H and O–H groups in total. The number of esters is 3. The van der Waals surface area contributed by atoms with Gasteiger partial charge in [0.15, 0.2) is 6.10 Å². The maximum absolute atomic E-state index is 12.6. The molecule has 0 spiro atoms. The van der Waals surface area contributed by atoms with E-state index in [9.17, 15) is 14.4 Å². The van der Waals surface area contributed by atoms with Crippen molar-refractivity contribution in [2.75, 3.05) is 13.2 Å². The molecule has 0 saturated carbocycles. The first-order valence-corrected chi connectivity index (χ1v) is 24.5. The molecule has 1 atom stereocenters. The Balaban J connectivity index is 4.15. The van der Waals surface area contributed by atoms with E-state index in [1.54, 1.807) is 0 Å². The summed E-state index contributed by atoms with van der Waals surface area (Å²) < 4.78 is 16.7. The summed E-state index contributed by atoms with van der Waals surface area (Å²) in [6, 6.07) is 0. The number of carbonyl (C=O) groups is 3. The van der Waals surface area contributed by atoms with E-state index in [1.165, 1.54) is 180 Å². The first kappa shape index (κ1) is 53.4. The molecule has 0 rings (SSSR count). The normalized spacial score (nSPS) is 11.8. The average molecular weight is 779 g/mol. The van der Waals surface area contributed by atoms with Crippen LogP contribution in [0.3, 0.4) is 0 Å². The van der Waals surface area contributed by atoms with Crippen LogP contribution < -0.4 is 0 Å². The minimum atomic E-state index is -0.757. The molecule has 0 aromatic carbocycles. The van der Waals surface area contributed by atoms with Gasteiger partial charge in [-0.25, -0.2) is 0 Å². The molecule has 0 aliphatic heterocycles. The number of rotatable bonds is 45. The molecule has 326 valence electrons. The van der Waals surface area contributed by atoms with Gasteiger partial charge in [0, 0.05) is 19.3 Å². The van der Waals surface area contributed by atoms with E-state index in [-0.39, 0.29) is 31.1 Å². The van der Waals surface area contributed by atoms with Gasteiger partial charge in [-0.1, -0.05) is 239 Å². The van der Waals surface area contributed by atoms with E-state index in [1.807, 2.05) is 0 Å². The molecule has 0 unspecified atom stereocenters. The summed E-state index contributed by atoms with van der Waals surface area (Å²) in [6.45, 7) is 6.63. The monoisotopic (exact) mass is 779 g/mol. The van der Waals surface area contributed by atoms with Crippen molar-refractivity contribution in [3.05, 3.63) is 0 Å². The zero-order chi connectivity index (χ0) is 40.1. The Morgan fingerprint density at radius 3 is 0.727 bits per heavy atom. The number of carbonyl (C=O) groups excluding carboxylic acids is 3. The van der Waals surface area contributed by atoms with E-state index in [0.29, 0.717) is 19.3 Å². The first-order chi connectivity index (χ1) is 27.0. The first-order valence-electron chi connectivity index (χ1n) is 24.5. The Morgan fingerprint density at radius 2 is 0.491 bits per heavy atom. The molecule has 6 nitrogen and oxygen atoms in total. The minimum Gasteiger partial charge on any atom is -0.462 e. The second-order valence-corrected chi connectivity index (χ2v) is 16.7. The van der Waals surface area contributed by atoms with Crippen LogP contribution in [0.15, 0.2) is 0 Å². The summed E-state index contributed by atoms with van der Waals surface area (Å²) in [5.74, 6) is -0.854. The molecule has 0 fully saturated rings. The summed E-state index contributed by atoms with van der Waals surface area (Å²) in [5, 5.41) is 0. The van der Waals surface area contributed by atoms with Crippen LogP contribution in [0.5, 0.6) is 0 Å². The summed E-state index contributed by atoms with van der Waals surface area (Å²) in [4.78, 5) is 37.6. The molecule has 0 radical (unpaired) electrons. The van der Waals surface area contributed by atoms with Gasteiger partial charge >= 0.3 is 17.9 Å². The van der Waals surface area contributed by atoms with Crippen LogP contribution in [0.1, 0.15) is 278 Å². The molecule has 0 saturated heterocycles. The van der Waals surface area contributed by atoms with Gasteiger partial charge in [0.05, 0.1) is 0 Å². The summed E-state index contributed by atoms with van der Waals surface area (Å²) in [7, 11) is 0. The molecular weight excluding hydrogens is 685 g/mol. The number of unbranched alkanes of at least 4 members (excludes halogenated alkanes) is 34. The summed E-state index contributed by atoms with van der Waals surface area (Å²) in [6.07, 6.45) is 46.7. The van der Waals surface area contributed by atoms with Crippen molar-refractivity contribution < 1.29 is 28.6 Å². The fourth-order valence-corrected chi connectivity index (χ4v) is 7.38. The third-order valence-corrected chi connectivity index (χ3v) is 11.1. The molecular formula is C49H94O6. The molecule has 0 heterocycles. The van der Waals surface area contributed by atoms with Crippen molar-refractivity contribution in [3.63, 3.8) is 0 Å². The van der Waals surface area contributed by atoms with Crippen molar-refractivity contribution in [2.45, 2.75) is 284 Å². The fourth-order valence-electron chi connectivity index (χ4n) is 7.38. The minimum absolute atomic E-state index is 0.0630. The summed E-state index contributed by atoms with van der Waals surface area (Å²) in [5.41, 5.74) is 0. The molecule has 0 bridgehead atoms. The molecule has 55 heavy (non-hydrogen) atoms. The van der Waals surface area contributed by atoms with Gasteiger partial charge in [0.25, 0.3) is 0 Å². The third-order valence-electron chi connectivity index (χ3n) is 11.1. The Hall–Kier alpha value is -1.59. The van der Waals surface area contributed by atoms with Crippen molar-refractivity contribution in [3.8, 4) is 0 Å². The standard InChI is InChI=1S/C49H94O6/c1-4-7-10-13-16-18-20-22-23-24-25-26-27-29-31-34-36-39-42-48(51)54-45-46(55-49(52)43-40-37-32-15-12-9-6-3)44-53-47(50)41-38-35-33-30-28-21-19-17-14-11-8-5-2/h46H,4-45H2,1-3H3/t46-/m1/s1. The summed E-state index contributed by atoms with van der Waals surface area (Å²) >= 11 is 0. The van der Waals surface area contributed by atoms with Crippen molar-refractivity contribution >= 4 is 17.9 Å². The van der Waals surface area contributed by atoms with Crippen LogP contribution in [0, 0.1) is 0 Å². The average Bonchev–Trinajstić information content (AvgIpc) is 3.18. The van der Waals surface area contributed by atoms with E-state index >= 15 is 0 Å². The van der Waals surface area contributed by atoms with Gasteiger partial charge in [-0.3, -0.25) is 14.4 Å². The predicted octanol–water partition coefficient (Wildman–Crippen LogP) is 15.6. The molecule has 0 aliphatic carbocycles. The number of hydrogen-bond donors (Lipinski definition) is 0. The van der Waals surface area contributed by atoms with Crippen LogP contribution in [-0.2, 0) is 28.6 Å². The topological polar surface area (TPSA) is 78.9 Å². The highest BCUT2D eigenvalue weighted by Crippen LogP contribution is 2.16. The van der Waals surface area contributed by atoms with Crippen LogP contribution >= 0.6 is 0 Å². The lowest BCUT2D eigenvalue weighted by Gasteiger charge is -2.18. The second-order valence-electron chi connectivity index (χ2n) is 16.7. The Morgan fingerprint density at radius 1 is 0.291 bits per heavy atom. The third kappa shape index (κ3) is 43.4. The van der Waals surface area contributed by atoms with Crippen LogP contribution in [0.2, 0.25) is 0 Å². The van der Waals surface area contributed by atoms with Gasteiger partial charge in [-0.05, 0) is 19.3 Å². The maximum Gasteiger partial charge on any atom is 0.306 e. The molecule has 0 aromatic rings. The van der Waals surface area contributed by atoms with Gasteiger partial charge in [-0.15, -0.1) is 0 Å². The van der Waals surface area contributed by atoms with E-state index in [0.717, 1.165) is 57.8 Å². The van der Waals surface area contributed by atoms with Crippen molar-refractivity contribution in [1.82, 2.24) is 0 Å². The van der Waals surface area contributed by atoms with Gasteiger partial charge < -0.3 is 14.2 Å². The van der Waals surface area contributed by atoms with Crippen LogP contribution in [0.4, 0.5) is 0 Å². The predicted molar refractivity (Wildman–Crippen MR) is 233 cm³/mol. The zero-order valence-corrected chi connectivity index (χ0v) is 37.2. The van der Waals surface area contributed by atoms with E-state index in [4.69, 9.17) is 14.2 Å². The largest absolute Gasteiger partial charge is 0.462 e.